The van der Waals surface area contributed by atoms with Crippen molar-refractivity contribution in [1.29, 1.82) is 0 Å². The van der Waals surface area contributed by atoms with Crippen LogP contribution in [0.25, 0.3) is 0 Å². The van der Waals surface area contributed by atoms with Crippen LogP contribution in [0.4, 0.5) is 0 Å². The van der Waals surface area contributed by atoms with E-state index < -0.39 is 17.3 Å². The van der Waals surface area contributed by atoms with Gasteiger partial charge in [-0.05, 0) is 112 Å². The van der Waals surface area contributed by atoms with Crippen LogP contribution in [-0.2, 0) is 9.47 Å². The third-order valence-corrected chi connectivity index (χ3v) is 13.2. The van der Waals surface area contributed by atoms with Gasteiger partial charge in [0, 0.05) is 13.0 Å². The van der Waals surface area contributed by atoms with Crippen molar-refractivity contribution in [3.05, 3.63) is 0 Å². The molecule has 0 aromatic rings. The number of methoxy groups -OCH3 is 1. The number of ether oxygens (including phenoxy) is 2. The van der Waals surface area contributed by atoms with Gasteiger partial charge in [-0.15, -0.1) is 0 Å². The summed E-state index contributed by atoms with van der Waals surface area (Å²) in [5.41, 5.74) is -1.23. The lowest BCUT2D eigenvalue weighted by Crippen LogP contribution is -2.62. The first-order valence-electron chi connectivity index (χ1n) is 14.8. The van der Waals surface area contributed by atoms with Gasteiger partial charge >= 0.3 is 0 Å². The summed E-state index contributed by atoms with van der Waals surface area (Å²) in [5.74, 6) is 0.906. The molecule has 4 aliphatic carbocycles. The number of hydrogen-bond acceptors (Lipinski definition) is 5. The molecule has 11 atom stereocenters. The fourth-order valence-corrected chi connectivity index (χ4v) is 11.0. The van der Waals surface area contributed by atoms with Gasteiger partial charge in [0.05, 0.1) is 35.6 Å². The molecule has 0 aromatic carbocycles. The first kappa shape index (κ1) is 27.4. The molecule has 0 radical (unpaired) electrons. The van der Waals surface area contributed by atoms with Gasteiger partial charge in [0.2, 0.25) is 0 Å². The molecule has 5 rings (SSSR count). The smallest absolute Gasteiger partial charge is 0.0865 e. The monoisotopic (exact) mass is 506 g/mol. The standard InChI is InChI=1S/C31H54O5/c1-26(2)19-17-31(12-9-10-23(26)33)15-14-28(5)25(30(7)13-11-24(36-30)27(3,4)34)20(32)18-29(28,6)22(31)16-21(19)35-8/h19-25,32-34H,9-18H2,1-8H3/t19-,20-,21-,22?,23-,24-,25-,28+,29-,30+,31?/m0/s1. The minimum atomic E-state index is -0.873. The third kappa shape index (κ3) is 3.65. The van der Waals surface area contributed by atoms with Crippen LogP contribution in [0.3, 0.4) is 0 Å². The SMILES string of the molecule is CO[C@H]1CC2C3(CCC[C@H](O)C(C)(C)[C@H]1C3)CC[C@]1(C)[C@@H]([C@@]3(C)CC[C@@H](C(C)(C)O)O3)[C@@H](O)C[C@@]21C. The summed E-state index contributed by atoms with van der Waals surface area (Å²) in [7, 11) is 1.86. The van der Waals surface area contributed by atoms with Gasteiger partial charge in [-0.25, -0.2) is 0 Å². The maximum absolute atomic E-state index is 11.8. The highest BCUT2D eigenvalue weighted by atomic mass is 16.5. The van der Waals surface area contributed by atoms with Crippen molar-refractivity contribution < 1.29 is 24.8 Å². The molecule has 0 aromatic heterocycles. The Morgan fingerprint density at radius 2 is 1.58 bits per heavy atom. The van der Waals surface area contributed by atoms with Crippen LogP contribution >= 0.6 is 0 Å². The highest BCUT2D eigenvalue weighted by Crippen LogP contribution is 2.76. The molecule has 1 aliphatic heterocycles. The second kappa shape index (κ2) is 8.40. The van der Waals surface area contributed by atoms with Gasteiger partial charge in [-0.3, -0.25) is 0 Å². The first-order valence-corrected chi connectivity index (χ1v) is 14.8. The Kier molecular flexibility index (Phi) is 6.39. The molecule has 1 spiro atoms. The summed E-state index contributed by atoms with van der Waals surface area (Å²) in [5, 5.41) is 33.6. The molecule has 5 aliphatic rings. The molecule has 1 heterocycles. The normalized spacial score (nSPS) is 54.9. The maximum atomic E-state index is 11.8. The lowest BCUT2D eigenvalue weighted by molar-refractivity contribution is -0.222. The zero-order valence-corrected chi connectivity index (χ0v) is 24.3. The number of aliphatic hydroxyl groups is 3. The van der Waals surface area contributed by atoms with Crippen molar-refractivity contribution in [2.75, 3.05) is 7.11 Å². The Hall–Kier alpha value is -0.200. The van der Waals surface area contributed by atoms with Crippen LogP contribution in [0.1, 0.15) is 113 Å². The predicted octanol–water partition coefficient (Wildman–Crippen LogP) is 5.48. The maximum Gasteiger partial charge on any atom is 0.0865 e. The average Bonchev–Trinajstić information content (AvgIpc) is 3.27. The zero-order chi connectivity index (χ0) is 26.5. The van der Waals surface area contributed by atoms with Crippen LogP contribution in [0.2, 0.25) is 0 Å². The van der Waals surface area contributed by atoms with Gasteiger partial charge in [0.25, 0.3) is 0 Å². The highest BCUT2D eigenvalue weighted by molar-refractivity contribution is 5.21. The van der Waals surface area contributed by atoms with E-state index in [0.717, 1.165) is 51.4 Å². The van der Waals surface area contributed by atoms with Crippen molar-refractivity contribution in [3.63, 3.8) is 0 Å². The summed E-state index contributed by atoms with van der Waals surface area (Å²) >= 11 is 0. The Labute approximate surface area is 219 Å². The number of aliphatic hydroxyl groups excluding tert-OH is 2. The lowest BCUT2D eigenvalue weighted by atomic mass is 9.38. The lowest BCUT2D eigenvalue weighted by Gasteiger charge is -2.67. The third-order valence-electron chi connectivity index (χ3n) is 13.2. The van der Waals surface area contributed by atoms with Crippen molar-refractivity contribution in [2.45, 2.75) is 148 Å². The van der Waals surface area contributed by atoms with Crippen LogP contribution < -0.4 is 0 Å². The van der Waals surface area contributed by atoms with E-state index >= 15 is 0 Å². The minimum absolute atomic E-state index is 0.00176. The van der Waals surface area contributed by atoms with Gasteiger partial charge in [-0.2, -0.15) is 0 Å². The van der Waals surface area contributed by atoms with Crippen LogP contribution in [0.15, 0.2) is 0 Å². The quantitative estimate of drug-likeness (QED) is 0.472. The number of rotatable bonds is 3. The van der Waals surface area contributed by atoms with E-state index in [1.807, 2.05) is 21.0 Å². The molecule has 5 nitrogen and oxygen atoms in total. The Bertz CT molecular complexity index is 850. The van der Waals surface area contributed by atoms with E-state index in [0.29, 0.717) is 11.8 Å². The van der Waals surface area contributed by atoms with Crippen LogP contribution in [0.5, 0.6) is 0 Å². The number of fused-ring (bicyclic) bond motifs is 3. The van der Waals surface area contributed by atoms with E-state index in [4.69, 9.17) is 9.47 Å². The summed E-state index contributed by atoms with van der Waals surface area (Å²) in [6, 6.07) is 0. The zero-order valence-electron chi connectivity index (χ0n) is 24.3. The fraction of sp³-hybridized carbons (Fsp3) is 1.00. The molecular weight excluding hydrogens is 452 g/mol. The molecule has 3 N–H and O–H groups in total. The molecule has 4 saturated carbocycles. The predicted molar refractivity (Wildman–Crippen MR) is 141 cm³/mol. The van der Waals surface area contributed by atoms with E-state index in [-0.39, 0.29) is 45.9 Å². The molecule has 208 valence electrons. The average molecular weight is 507 g/mol. The van der Waals surface area contributed by atoms with Crippen molar-refractivity contribution >= 4 is 0 Å². The number of hydrogen-bond donors (Lipinski definition) is 3. The summed E-state index contributed by atoms with van der Waals surface area (Å²) in [4.78, 5) is 0. The summed E-state index contributed by atoms with van der Waals surface area (Å²) < 4.78 is 12.9. The molecule has 1 saturated heterocycles. The molecule has 2 bridgehead atoms. The second-order valence-corrected chi connectivity index (χ2v) is 15.7. The van der Waals surface area contributed by atoms with Crippen LogP contribution in [0, 0.1) is 39.4 Å². The van der Waals surface area contributed by atoms with Gasteiger partial charge < -0.3 is 24.8 Å². The largest absolute Gasteiger partial charge is 0.393 e. The Morgan fingerprint density at radius 1 is 0.889 bits per heavy atom. The van der Waals surface area contributed by atoms with E-state index in [2.05, 4.69) is 34.6 Å². The molecule has 36 heavy (non-hydrogen) atoms. The van der Waals surface area contributed by atoms with Crippen LogP contribution in [-0.4, -0.2) is 58.0 Å². The van der Waals surface area contributed by atoms with E-state index in [1.165, 1.54) is 12.8 Å². The molecule has 5 fully saturated rings. The minimum Gasteiger partial charge on any atom is -0.393 e. The Balaban J connectivity index is 1.52. The van der Waals surface area contributed by atoms with Crippen molar-refractivity contribution in [1.82, 2.24) is 0 Å². The second-order valence-electron chi connectivity index (χ2n) is 15.7. The molecule has 0 amide bonds. The van der Waals surface area contributed by atoms with Crippen molar-refractivity contribution in [2.24, 2.45) is 39.4 Å². The summed E-state index contributed by atoms with van der Waals surface area (Å²) in [6.07, 6.45) is 9.41. The van der Waals surface area contributed by atoms with Gasteiger partial charge in [-0.1, -0.05) is 34.1 Å². The highest BCUT2D eigenvalue weighted by Gasteiger charge is 2.73. The molecule has 2 unspecified atom stereocenters. The molecule has 5 heteroatoms. The van der Waals surface area contributed by atoms with Crippen molar-refractivity contribution in [3.8, 4) is 0 Å². The Morgan fingerprint density at radius 3 is 2.19 bits per heavy atom. The first-order chi connectivity index (χ1) is 16.5. The van der Waals surface area contributed by atoms with Gasteiger partial charge in [0.15, 0.2) is 0 Å². The summed E-state index contributed by atoms with van der Waals surface area (Å²) in [6.45, 7) is 15.4. The van der Waals surface area contributed by atoms with E-state index in [9.17, 15) is 15.3 Å². The van der Waals surface area contributed by atoms with E-state index in [1.54, 1.807) is 0 Å². The molecular formula is C31H54O5. The fourth-order valence-electron chi connectivity index (χ4n) is 11.0. The van der Waals surface area contributed by atoms with Gasteiger partial charge in [0.1, 0.15) is 0 Å². The topological polar surface area (TPSA) is 79.2 Å².